The van der Waals surface area contributed by atoms with Gasteiger partial charge in [0.05, 0.1) is 24.3 Å². The molecule has 1 N–H and O–H groups in total. The third-order valence-electron chi connectivity index (χ3n) is 5.61. The molecule has 1 unspecified atom stereocenters. The highest BCUT2D eigenvalue weighted by molar-refractivity contribution is 6.46. The van der Waals surface area contributed by atoms with E-state index >= 15 is 0 Å². The Hall–Kier alpha value is -3.32. The second-order valence-corrected chi connectivity index (χ2v) is 8.49. The van der Waals surface area contributed by atoms with Gasteiger partial charge in [-0.15, -0.1) is 0 Å². The summed E-state index contributed by atoms with van der Waals surface area (Å²) in [4.78, 5) is 27.6. The van der Waals surface area contributed by atoms with Crippen molar-refractivity contribution in [2.24, 2.45) is 0 Å². The van der Waals surface area contributed by atoms with Gasteiger partial charge in [0.25, 0.3) is 11.7 Å². The highest BCUT2D eigenvalue weighted by Gasteiger charge is 2.45. The number of benzene rings is 2. The summed E-state index contributed by atoms with van der Waals surface area (Å²) in [6, 6.07) is 11.8. The van der Waals surface area contributed by atoms with E-state index in [1.54, 1.807) is 37.4 Å². The van der Waals surface area contributed by atoms with Crippen LogP contribution in [-0.4, -0.2) is 54.7 Å². The maximum Gasteiger partial charge on any atom is 0.295 e. The Bertz CT molecular complexity index is 1060. The Labute approximate surface area is 200 Å². The van der Waals surface area contributed by atoms with E-state index < -0.39 is 17.7 Å². The van der Waals surface area contributed by atoms with Crippen LogP contribution in [0.25, 0.3) is 5.76 Å². The summed E-state index contributed by atoms with van der Waals surface area (Å²) < 4.78 is 16.4. The van der Waals surface area contributed by atoms with Gasteiger partial charge in [0.15, 0.2) is 0 Å². The van der Waals surface area contributed by atoms with Crippen LogP contribution in [0.1, 0.15) is 49.9 Å². The van der Waals surface area contributed by atoms with Crippen molar-refractivity contribution in [2.45, 2.75) is 46.3 Å². The molecule has 34 heavy (non-hydrogen) atoms. The molecule has 0 saturated carbocycles. The second-order valence-electron chi connectivity index (χ2n) is 8.49. The average Bonchev–Trinajstić information content (AvgIpc) is 3.05. The van der Waals surface area contributed by atoms with Crippen LogP contribution in [0.4, 0.5) is 0 Å². The number of hydrogen-bond donors (Lipinski definition) is 1. The molecule has 0 aliphatic carbocycles. The van der Waals surface area contributed by atoms with Crippen molar-refractivity contribution in [3.8, 4) is 11.5 Å². The first-order valence-electron chi connectivity index (χ1n) is 11.6. The predicted octanol–water partition coefficient (Wildman–Crippen LogP) is 4.64. The van der Waals surface area contributed by atoms with E-state index in [1.165, 1.54) is 4.90 Å². The quantitative estimate of drug-likeness (QED) is 0.237. The highest BCUT2D eigenvalue weighted by atomic mass is 16.5. The Morgan fingerprint density at radius 1 is 1.12 bits per heavy atom. The van der Waals surface area contributed by atoms with Crippen LogP contribution in [0.3, 0.4) is 0 Å². The maximum atomic E-state index is 13.1. The second kappa shape index (κ2) is 11.2. The maximum absolute atomic E-state index is 13.1. The number of hydrogen-bond acceptors (Lipinski definition) is 6. The van der Waals surface area contributed by atoms with E-state index in [4.69, 9.17) is 14.2 Å². The molecule has 0 radical (unpaired) electrons. The van der Waals surface area contributed by atoms with Crippen LogP contribution in [0.2, 0.25) is 0 Å². The summed E-state index contributed by atoms with van der Waals surface area (Å²) in [7, 11) is 1.59. The number of aliphatic hydroxyl groups excluding tert-OH is 1. The van der Waals surface area contributed by atoms with Gasteiger partial charge >= 0.3 is 0 Å². The third-order valence-corrected chi connectivity index (χ3v) is 5.61. The number of methoxy groups -OCH3 is 1. The lowest BCUT2D eigenvalue weighted by atomic mass is 9.94. The van der Waals surface area contributed by atoms with E-state index in [9.17, 15) is 14.7 Å². The smallest absolute Gasteiger partial charge is 0.295 e. The van der Waals surface area contributed by atoms with Gasteiger partial charge in [0, 0.05) is 25.8 Å². The van der Waals surface area contributed by atoms with Gasteiger partial charge in [-0.3, -0.25) is 9.59 Å². The molecule has 2 aromatic rings. The van der Waals surface area contributed by atoms with E-state index in [0.29, 0.717) is 43.2 Å². The van der Waals surface area contributed by atoms with Gasteiger partial charge in [0.2, 0.25) is 0 Å². The summed E-state index contributed by atoms with van der Waals surface area (Å²) in [5, 5.41) is 11.3. The largest absolute Gasteiger partial charge is 0.507 e. The number of Topliss-reactive ketones (excluding diaryl/α,β-unsaturated/α-hetero) is 1. The summed E-state index contributed by atoms with van der Waals surface area (Å²) in [6.45, 7) is 8.97. The van der Waals surface area contributed by atoms with Crippen molar-refractivity contribution in [3.05, 3.63) is 64.7 Å². The van der Waals surface area contributed by atoms with Gasteiger partial charge in [0.1, 0.15) is 17.3 Å². The number of aryl methyl sites for hydroxylation is 1. The van der Waals surface area contributed by atoms with E-state index in [2.05, 4.69) is 0 Å². The molecule has 1 heterocycles. The Morgan fingerprint density at radius 2 is 1.82 bits per heavy atom. The molecule has 1 amide bonds. The first-order valence-corrected chi connectivity index (χ1v) is 11.6. The van der Waals surface area contributed by atoms with Gasteiger partial charge in [-0.05, 0) is 75.6 Å². The number of nitrogens with zero attached hydrogens (tertiary/aromatic N) is 1. The Kier molecular flexibility index (Phi) is 8.34. The highest BCUT2D eigenvalue weighted by Crippen LogP contribution is 2.40. The fourth-order valence-electron chi connectivity index (χ4n) is 4.09. The first-order chi connectivity index (χ1) is 16.3. The summed E-state index contributed by atoms with van der Waals surface area (Å²) >= 11 is 0. The van der Waals surface area contributed by atoms with Gasteiger partial charge in [-0.25, -0.2) is 0 Å². The molecule has 2 aromatic carbocycles. The molecule has 7 heteroatoms. The summed E-state index contributed by atoms with van der Waals surface area (Å²) in [6.07, 6.45) is 0.576. The molecule has 182 valence electrons. The number of ketones is 1. The molecule has 3 rings (SSSR count). The lowest BCUT2D eigenvalue weighted by Crippen LogP contribution is -2.31. The molecule has 0 aromatic heterocycles. The molecule has 1 atom stereocenters. The zero-order valence-corrected chi connectivity index (χ0v) is 20.5. The topological polar surface area (TPSA) is 85.3 Å². The zero-order chi connectivity index (χ0) is 24.8. The SMILES string of the molecule is CCOc1ccc(C2/C(=C(/O)c3ccc(OC(C)C)c(C)c3)C(=O)C(=O)N2CCCOC)cc1. The van der Waals surface area contributed by atoms with Crippen LogP contribution in [0, 0.1) is 6.92 Å². The van der Waals surface area contributed by atoms with Gasteiger partial charge in [-0.2, -0.15) is 0 Å². The number of likely N-dealkylation sites (tertiary alicyclic amines) is 1. The van der Waals surface area contributed by atoms with E-state index in [1.807, 2.05) is 39.8 Å². The number of rotatable bonds is 10. The van der Waals surface area contributed by atoms with Gasteiger partial charge < -0.3 is 24.2 Å². The average molecular weight is 468 g/mol. The minimum absolute atomic E-state index is 0.00947. The Balaban J connectivity index is 2.07. The standard InChI is InChI=1S/C27H33NO6/c1-6-33-21-11-8-19(9-12-21)24-23(26(30)27(31)28(24)14-7-15-32-5)25(29)20-10-13-22(18(4)16-20)34-17(2)3/h8-13,16-17,24,29H,6-7,14-15H2,1-5H3/b25-23-. The lowest BCUT2D eigenvalue weighted by Gasteiger charge is -2.25. The minimum atomic E-state index is -0.709. The van der Waals surface area contributed by atoms with Crippen LogP contribution in [0.5, 0.6) is 11.5 Å². The lowest BCUT2D eigenvalue weighted by molar-refractivity contribution is -0.140. The van der Waals surface area contributed by atoms with E-state index in [-0.39, 0.29) is 17.4 Å². The van der Waals surface area contributed by atoms with Crippen molar-refractivity contribution in [1.82, 2.24) is 4.90 Å². The van der Waals surface area contributed by atoms with Crippen molar-refractivity contribution in [2.75, 3.05) is 26.9 Å². The number of carbonyl (C=O) groups is 2. The molecule has 1 aliphatic heterocycles. The number of carbonyl (C=O) groups excluding carboxylic acids is 2. The van der Waals surface area contributed by atoms with Crippen LogP contribution < -0.4 is 9.47 Å². The molecule has 7 nitrogen and oxygen atoms in total. The van der Waals surface area contributed by atoms with Crippen molar-refractivity contribution >= 4 is 17.4 Å². The van der Waals surface area contributed by atoms with Crippen molar-refractivity contribution in [1.29, 1.82) is 0 Å². The van der Waals surface area contributed by atoms with Crippen LogP contribution in [-0.2, 0) is 14.3 Å². The molecule has 1 fully saturated rings. The fourth-order valence-corrected chi connectivity index (χ4v) is 4.09. The van der Waals surface area contributed by atoms with Crippen molar-refractivity contribution < 1.29 is 28.9 Å². The normalized spacial score (nSPS) is 17.5. The number of amides is 1. The number of aliphatic hydroxyl groups is 1. The fraction of sp³-hybridized carbons (Fsp3) is 0.407. The Morgan fingerprint density at radius 3 is 2.41 bits per heavy atom. The molecular weight excluding hydrogens is 434 g/mol. The minimum Gasteiger partial charge on any atom is -0.507 e. The third kappa shape index (κ3) is 5.42. The predicted molar refractivity (Wildman–Crippen MR) is 130 cm³/mol. The first kappa shape index (κ1) is 25.3. The molecule has 1 saturated heterocycles. The molecule has 0 bridgehead atoms. The monoisotopic (exact) mass is 467 g/mol. The molecular formula is C27H33NO6. The molecule has 0 spiro atoms. The van der Waals surface area contributed by atoms with Crippen LogP contribution >= 0.6 is 0 Å². The molecule has 1 aliphatic rings. The zero-order valence-electron chi connectivity index (χ0n) is 20.5. The summed E-state index contributed by atoms with van der Waals surface area (Å²) in [5.74, 6) is -0.138. The summed E-state index contributed by atoms with van der Waals surface area (Å²) in [5.41, 5.74) is 2.07. The van der Waals surface area contributed by atoms with Gasteiger partial charge in [-0.1, -0.05) is 12.1 Å². The van der Waals surface area contributed by atoms with Crippen LogP contribution in [0.15, 0.2) is 48.0 Å². The number of ether oxygens (including phenoxy) is 3. The van der Waals surface area contributed by atoms with E-state index in [0.717, 1.165) is 11.1 Å². The van der Waals surface area contributed by atoms with Crippen molar-refractivity contribution in [3.63, 3.8) is 0 Å².